The van der Waals surface area contributed by atoms with Crippen molar-refractivity contribution in [2.24, 2.45) is 5.73 Å². The van der Waals surface area contributed by atoms with Crippen LogP contribution in [0.4, 0.5) is 0 Å². The summed E-state index contributed by atoms with van der Waals surface area (Å²) in [6.45, 7) is 3.53. The van der Waals surface area contributed by atoms with Crippen molar-refractivity contribution in [3.63, 3.8) is 0 Å². The molecule has 5 nitrogen and oxygen atoms in total. The van der Waals surface area contributed by atoms with Crippen LogP contribution in [0, 0.1) is 5.41 Å². The molecule has 1 aromatic rings. The predicted octanol–water partition coefficient (Wildman–Crippen LogP) is 2.37. The van der Waals surface area contributed by atoms with Gasteiger partial charge in [-0.25, -0.2) is 0 Å². The topological polar surface area (TPSA) is 79.4 Å². The van der Waals surface area contributed by atoms with E-state index in [0.29, 0.717) is 0 Å². The molecule has 0 bridgehead atoms. The van der Waals surface area contributed by atoms with E-state index in [4.69, 9.17) is 15.9 Å². The largest absolute Gasteiger partial charge is 0.493 e. The zero-order valence-corrected chi connectivity index (χ0v) is 13.5. The van der Waals surface area contributed by atoms with E-state index in [9.17, 15) is 4.79 Å². The molecule has 0 spiro atoms. The zero-order valence-electron chi connectivity index (χ0n) is 12.7. The molecule has 1 fully saturated rings. The van der Waals surface area contributed by atoms with E-state index in [0.717, 1.165) is 25.4 Å². The number of halogens is 1. The maximum Gasteiger partial charge on any atom is 0.200 e. The van der Waals surface area contributed by atoms with Gasteiger partial charge in [0.05, 0.1) is 6.61 Å². The Kier molecular flexibility index (Phi) is 7.91. The number of likely N-dealkylation sites (tertiary alicyclic amines) is 1. The number of rotatable bonds is 7. The fraction of sp³-hybridized carbons (Fsp3) is 0.500. The van der Waals surface area contributed by atoms with Gasteiger partial charge in [0, 0.05) is 13.0 Å². The van der Waals surface area contributed by atoms with E-state index in [1.807, 2.05) is 18.2 Å². The Morgan fingerprint density at radius 1 is 1.27 bits per heavy atom. The van der Waals surface area contributed by atoms with Gasteiger partial charge in [-0.3, -0.25) is 15.1 Å². The Morgan fingerprint density at radius 3 is 2.68 bits per heavy atom. The number of benzene rings is 1. The number of amidine groups is 1. The molecule has 0 atom stereocenters. The summed E-state index contributed by atoms with van der Waals surface area (Å²) in [7, 11) is 0. The van der Waals surface area contributed by atoms with Crippen molar-refractivity contribution >= 4 is 24.0 Å². The van der Waals surface area contributed by atoms with Crippen molar-refractivity contribution in [1.29, 1.82) is 5.41 Å². The molecule has 0 aromatic heterocycles. The van der Waals surface area contributed by atoms with Crippen molar-refractivity contribution in [3.05, 3.63) is 29.8 Å². The summed E-state index contributed by atoms with van der Waals surface area (Å²) in [6, 6.07) is 7.98. The van der Waals surface area contributed by atoms with Gasteiger partial charge in [0.25, 0.3) is 0 Å². The first-order chi connectivity index (χ1) is 10.1. The van der Waals surface area contributed by atoms with Crippen LogP contribution in [-0.4, -0.2) is 36.2 Å². The van der Waals surface area contributed by atoms with E-state index < -0.39 is 5.84 Å². The molecule has 6 heteroatoms. The third-order valence-electron chi connectivity index (χ3n) is 3.65. The fourth-order valence-corrected chi connectivity index (χ4v) is 2.51. The molecule has 0 aliphatic carbocycles. The number of hydrogen-bond donors (Lipinski definition) is 2. The van der Waals surface area contributed by atoms with Gasteiger partial charge in [-0.05, 0) is 43.6 Å². The van der Waals surface area contributed by atoms with E-state index in [2.05, 4.69) is 11.0 Å². The summed E-state index contributed by atoms with van der Waals surface area (Å²) in [5.41, 5.74) is 6.35. The maximum atomic E-state index is 11.2. The van der Waals surface area contributed by atoms with E-state index in [1.165, 1.54) is 24.8 Å². The average Bonchev–Trinajstić information content (AvgIpc) is 2.48. The smallest absolute Gasteiger partial charge is 0.200 e. The van der Waals surface area contributed by atoms with Gasteiger partial charge in [0.15, 0.2) is 11.6 Å². The molecule has 2 rings (SSSR count). The average molecular weight is 326 g/mol. The molecule has 122 valence electrons. The van der Waals surface area contributed by atoms with Crippen LogP contribution >= 0.6 is 12.4 Å². The molecule has 1 aromatic carbocycles. The summed E-state index contributed by atoms with van der Waals surface area (Å²) in [4.78, 5) is 13.7. The molecule has 3 N–H and O–H groups in total. The standard InChI is InChI=1S/C16H23N3O2.ClH/c17-16(18)15(20)7-10-21-14-6-4-5-13(11-14)12-19-8-2-1-3-9-19;/h4-6,11H,1-3,7-10,12H2,(H3,17,18);1H. The number of ketones is 1. The first kappa shape index (κ1) is 18.5. The zero-order chi connectivity index (χ0) is 15.1. The van der Waals surface area contributed by atoms with E-state index in [-0.39, 0.29) is 31.2 Å². The molecule has 0 amide bonds. The molecule has 22 heavy (non-hydrogen) atoms. The lowest BCUT2D eigenvalue weighted by molar-refractivity contribution is -0.113. The molecule has 1 aliphatic rings. The van der Waals surface area contributed by atoms with Crippen LogP contribution in [0.2, 0.25) is 0 Å². The number of hydrogen-bond acceptors (Lipinski definition) is 4. The van der Waals surface area contributed by atoms with Crippen molar-refractivity contribution in [2.45, 2.75) is 32.2 Å². The minimum atomic E-state index is -0.405. The van der Waals surface area contributed by atoms with Gasteiger partial charge in [-0.2, -0.15) is 0 Å². The highest BCUT2D eigenvalue weighted by Crippen LogP contribution is 2.17. The highest BCUT2D eigenvalue weighted by Gasteiger charge is 2.11. The fourth-order valence-electron chi connectivity index (χ4n) is 2.51. The van der Waals surface area contributed by atoms with Gasteiger partial charge in [-0.1, -0.05) is 18.6 Å². The first-order valence-electron chi connectivity index (χ1n) is 7.46. The van der Waals surface area contributed by atoms with Gasteiger partial charge >= 0.3 is 0 Å². The van der Waals surface area contributed by atoms with Crippen LogP contribution in [0.3, 0.4) is 0 Å². The minimum absolute atomic E-state index is 0. The van der Waals surface area contributed by atoms with Crippen LogP contribution in [0.5, 0.6) is 5.75 Å². The number of piperidine rings is 1. The molecular weight excluding hydrogens is 302 g/mol. The molecule has 0 saturated carbocycles. The number of Topliss-reactive ketones (excluding diaryl/α,β-unsaturated/α-hetero) is 1. The summed E-state index contributed by atoms with van der Waals surface area (Å²) in [5, 5.41) is 7.03. The molecule has 0 unspecified atom stereocenters. The quantitative estimate of drug-likeness (QED) is 0.596. The minimum Gasteiger partial charge on any atom is -0.493 e. The lowest BCUT2D eigenvalue weighted by atomic mass is 10.1. The van der Waals surface area contributed by atoms with Crippen molar-refractivity contribution < 1.29 is 9.53 Å². The monoisotopic (exact) mass is 325 g/mol. The van der Waals surface area contributed by atoms with Crippen LogP contribution in [-0.2, 0) is 11.3 Å². The second-order valence-electron chi connectivity index (χ2n) is 5.42. The molecule has 1 aliphatic heterocycles. The Balaban J connectivity index is 0.00000242. The van der Waals surface area contributed by atoms with Gasteiger partial charge in [0.1, 0.15) is 5.75 Å². The van der Waals surface area contributed by atoms with Crippen LogP contribution in [0.25, 0.3) is 0 Å². The lowest BCUT2D eigenvalue weighted by Gasteiger charge is -2.26. The summed E-state index contributed by atoms with van der Waals surface area (Å²) in [6.07, 6.45) is 4.04. The van der Waals surface area contributed by atoms with Crippen molar-refractivity contribution in [2.75, 3.05) is 19.7 Å². The molecule has 1 saturated heterocycles. The Labute approximate surface area is 137 Å². The first-order valence-corrected chi connectivity index (χ1v) is 7.46. The van der Waals surface area contributed by atoms with Crippen molar-refractivity contribution in [3.8, 4) is 5.75 Å². The summed E-state index contributed by atoms with van der Waals surface area (Å²) in [5.74, 6) is -0.0159. The molecular formula is C16H24ClN3O2. The lowest BCUT2D eigenvalue weighted by Crippen LogP contribution is -2.29. The number of ether oxygens (including phenoxy) is 1. The van der Waals surface area contributed by atoms with Crippen LogP contribution in [0.15, 0.2) is 24.3 Å². The van der Waals surface area contributed by atoms with Gasteiger partial charge in [0.2, 0.25) is 0 Å². The number of carbonyl (C=O) groups is 1. The maximum absolute atomic E-state index is 11.2. The number of carbonyl (C=O) groups excluding carboxylic acids is 1. The third kappa shape index (κ3) is 6.03. The SMILES string of the molecule is Cl.N=C(N)C(=O)CCOc1cccc(CN2CCCCC2)c1. The molecule has 1 heterocycles. The normalized spacial score (nSPS) is 14.9. The highest BCUT2D eigenvalue weighted by atomic mass is 35.5. The number of nitrogens with two attached hydrogens (primary N) is 1. The Bertz CT molecular complexity index is 502. The molecule has 0 radical (unpaired) electrons. The van der Waals surface area contributed by atoms with E-state index in [1.54, 1.807) is 0 Å². The highest BCUT2D eigenvalue weighted by molar-refractivity contribution is 6.36. The number of nitrogens with zero attached hydrogens (tertiary/aromatic N) is 1. The van der Waals surface area contributed by atoms with Gasteiger partial charge in [-0.15, -0.1) is 12.4 Å². The van der Waals surface area contributed by atoms with E-state index >= 15 is 0 Å². The second-order valence-corrected chi connectivity index (χ2v) is 5.42. The van der Waals surface area contributed by atoms with Crippen LogP contribution in [0.1, 0.15) is 31.2 Å². The van der Waals surface area contributed by atoms with Crippen molar-refractivity contribution in [1.82, 2.24) is 4.90 Å². The van der Waals surface area contributed by atoms with Gasteiger partial charge < -0.3 is 10.5 Å². The predicted molar refractivity (Wildman–Crippen MR) is 89.9 cm³/mol. The summed E-state index contributed by atoms with van der Waals surface area (Å²) < 4.78 is 5.57. The third-order valence-corrected chi connectivity index (χ3v) is 3.65. The number of nitrogens with one attached hydrogen (secondary N) is 1. The summed E-state index contributed by atoms with van der Waals surface area (Å²) >= 11 is 0. The van der Waals surface area contributed by atoms with Crippen LogP contribution < -0.4 is 10.5 Å². The Hall–Kier alpha value is -1.59. The Morgan fingerprint density at radius 2 is 2.00 bits per heavy atom. The second kappa shape index (κ2) is 9.43.